The summed E-state index contributed by atoms with van der Waals surface area (Å²) in [5.41, 5.74) is 3.38. The maximum Gasteiger partial charge on any atom is 0.351 e. The number of oxime groups is 1. The van der Waals surface area contributed by atoms with Gasteiger partial charge in [-0.05, 0) is 116 Å². The molecule has 0 aliphatic carbocycles. The second-order valence-electron chi connectivity index (χ2n) is 21.0. The summed E-state index contributed by atoms with van der Waals surface area (Å²) < 4.78 is 35.5. The molecule has 2 fully saturated rings. The second-order valence-corrected chi connectivity index (χ2v) is 21.8. The number of nitrogens with one attached hydrogen (secondary N) is 1. The van der Waals surface area contributed by atoms with E-state index in [0.717, 1.165) is 6.92 Å². The number of hydrogen-bond acceptors (Lipinski definition) is 16. The zero-order chi connectivity index (χ0) is 53.1. The van der Waals surface area contributed by atoms with E-state index in [1.165, 1.54) is 25.2 Å². The Balaban J connectivity index is 1.75. The lowest BCUT2D eigenvalue weighted by Crippen LogP contribution is -2.57. The number of pyridine rings is 1. The molecule has 2 aromatic heterocycles. The first-order chi connectivity index (χ1) is 33.2. The molecule has 0 spiro atoms. The third-order valence-electron chi connectivity index (χ3n) is 14.0. The van der Waals surface area contributed by atoms with E-state index in [0.29, 0.717) is 59.3 Å². The number of aliphatic hydroxyl groups excluding tert-OH is 1. The lowest BCUT2D eigenvalue weighted by atomic mass is 9.70. The van der Waals surface area contributed by atoms with Crippen LogP contribution in [0.15, 0.2) is 33.7 Å². The minimum absolute atomic E-state index is 0.0147. The molecule has 4 heterocycles. The number of Topliss-reactive ketones (excluding diaryl/α,β-unsaturated/α-hetero) is 1. The monoisotopic (exact) mass is 1020 g/mol. The Bertz CT molecular complexity index is 2160. The highest BCUT2D eigenvalue weighted by Gasteiger charge is 2.53. The number of anilines is 1. The molecule has 2 unspecified atom stereocenters. The average molecular weight is 1020 g/mol. The van der Waals surface area contributed by atoms with Gasteiger partial charge in [0.15, 0.2) is 18.7 Å². The molecule has 4 rings (SSSR count). The topological polar surface area (TPSA) is 237 Å². The first kappa shape index (κ1) is 59.5. The smallest absolute Gasteiger partial charge is 0.351 e. The molecule has 5 N–H and O–H groups in total. The van der Waals surface area contributed by atoms with Crippen LogP contribution in [-0.2, 0) is 44.8 Å². The van der Waals surface area contributed by atoms with Crippen molar-refractivity contribution in [2.45, 2.75) is 195 Å². The van der Waals surface area contributed by atoms with Crippen LogP contribution in [0.4, 0.5) is 10.2 Å². The molecule has 2 saturated heterocycles. The van der Waals surface area contributed by atoms with Gasteiger partial charge in [-0.25, -0.2) is 24.1 Å². The summed E-state index contributed by atoms with van der Waals surface area (Å²) in [6.45, 7) is 20.7. The van der Waals surface area contributed by atoms with E-state index in [4.69, 9.17) is 29.8 Å². The molecule has 0 radical (unpaired) electrons. The van der Waals surface area contributed by atoms with Gasteiger partial charge >= 0.3 is 5.97 Å². The molecule has 0 aromatic carbocycles. The van der Waals surface area contributed by atoms with E-state index >= 15 is 4.39 Å². The Morgan fingerprint density at radius 2 is 1.75 bits per heavy atom. The van der Waals surface area contributed by atoms with Crippen LogP contribution in [0.25, 0.3) is 10.7 Å². The summed E-state index contributed by atoms with van der Waals surface area (Å²) in [5.74, 6) is -5.77. The maximum absolute atomic E-state index is 17.0. The molecule has 2 amide bonds. The summed E-state index contributed by atoms with van der Waals surface area (Å²) >= 11 is 1.35. The number of likely N-dealkylation sites (N-methyl/N-ethyl adjacent to an activating group) is 1. The fourth-order valence-electron chi connectivity index (χ4n) is 9.80. The zero-order valence-electron chi connectivity index (χ0n) is 44.4. The highest BCUT2D eigenvalue weighted by Crippen LogP contribution is 2.40. The molecule has 2 aliphatic heterocycles. The van der Waals surface area contributed by atoms with Crippen LogP contribution >= 0.6 is 11.3 Å². The number of nitrogens with zero attached hydrogens (tertiary/aromatic N) is 5. The third-order valence-corrected chi connectivity index (χ3v) is 14.9. The van der Waals surface area contributed by atoms with Gasteiger partial charge in [-0.3, -0.25) is 14.4 Å². The number of carbonyl (C=O) groups is 4. The molecule has 19 heteroatoms. The van der Waals surface area contributed by atoms with E-state index in [-0.39, 0.29) is 68.1 Å². The van der Waals surface area contributed by atoms with Crippen LogP contribution in [0.5, 0.6) is 0 Å². The van der Waals surface area contributed by atoms with Crippen molar-refractivity contribution in [1.29, 1.82) is 0 Å². The number of nitrogens with two attached hydrogens (primary N) is 1. The van der Waals surface area contributed by atoms with Crippen molar-refractivity contribution >= 4 is 52.1 Å². The van der Waals surface area contributed by atoms with Crippen LogP contribution in [0.3, 0.4) is 0 Å². The Labute approximate surface area is 424 Å². The van der Waals surface area contributed by atoms with Crippen molar-refractivity contribution in [3.05, 3.63) is 29.3 Å². The van der Waals surface area contributed by atoms with Gasteiger partial charge in [0.2, 0.25) is 11.8 Å². The summed E-state index contributed by atoms with van der Waals surface area (Å²) in [5, 5.41) is 34.0. The third kappa shape index (κ3) is 15.7. The average Bonchev–Trinajstić information content (AvgIpc) is 3.78. The number of ketones is 1. The van der Waals surface area contributed by atoms with Gasteiger partial charge in [0, 0.05) is 35.4 Å². The van der Waals surface area contributed by atoms with Gasteiger partial charge in [0.25, 0.3) is 5.67 Å². The Kier molecular flexibility index (Phi) is 21.9. The first-order valence-corrected chi connectivity index (χ1v) is 26.2. The lowest BCUT2D eigenvalue weighted by Gasteiger charge is -2.44. The number of aliphatic imine (C=N–C) groups is 1. The Hall–Kier alpha value is -4.11. The molecule has 0 saturated carbocycles. The highest BCUT2D eigenvalue weighted by atomic mass is 32.1. The number of rotatable bonds is 16. The number of amides is 2. The molecule has 71 heavy (non-hydrogen) atoms. The van der Waals surface area contributed by atoms with Gasteiger partial charge in [0.1, 0.15) is 34.3 Å². The number of alkyl halides is 1. The Morgan fingerprint density at radius 3 is 2.37 bits per heavy atom. The number of thiazole rings is 1. The van der Waals surface area contributed by atoms with E-state index in [2.05, 4.69) is 20.4 Å². The summed E-state index contributed by atoms with van der Waals surface area (Å²) in [4.78, 5) is 75.6. The largest absolute Gasteiger partial charge is 0.457 e. The van der Waals surface area contributed by atoms with Crippen molar-refractivity contribution in [3.63, 3.8) is 0 Å². The van der Waals surface area contributed by atoms with Crippen LogP contribution in [0.2, 0.25) is 0 Å². The van der Waals surface area contributed by atoms with Gasteiger partial charge in [-0.15, -0.1) is 11.3 Å². The number of aromatic nitrogens is 2. The number of ether oxygens (including phenoxy) is 3. The van der Waals surface area contributed by atoms with Crippen LogP contribution in [0.1, 0.15) is 140 Å². The van der Waals surface area contributed by atoms with E-state index in [1.54, 1.807) is 32.0 Å². The summed E-state index contributed by atoms with van der Waals surface area (Å²) in [6.07, 6.45) is -2.46. The lowest BCUT2D eigenvalue weighted by molar-refractivity contribution is -0.278. The van der Waals surface area contributed by atoms with Gasteiger partial charge in [-0.1, -0.05) is 73.5 Å². The molecule has 0 bridgehead atoms. The molecular weight excluding hydrogens is 934 g/mol. The molecule has 398 valence electrons. The van der Waals surface area contributed by atoms with E-state index < -0.39 is 77.3 Å². The van der Waals surface area contributed by atoms with Gasteiger partial charge in [-0.2, -0.15) is 0 Å². The molecular formula is C52H82FN7O10S. The fourth-order valence-corrected chi connectivity index (χ4v) is 10.6. The molecule has 13 atom stereocenters. The second kappa shape index (κ2) is 26.2. The predicted octanol–water partition coefficient (Wildman–Crippen LogP) is 7.70. The van der Waals surface area contributed by atoms with Crippen molar-refractivity contribution < 1.29 is 52.8 Å². The Morgan fingerprint density at radius 1 is 1.07 bits per heavy atom. The van der Waals surface area contributed by atoms with Crippen molar-refractivity contribution in [3.8, 4) is 10.7 Å². The summed E-state index contributed by atoms with van der Waals surface area (Å²) in [6, 6.07) is 4.24. The van der Waals surface area contributed by atoms with E-state index in [1.807, 2.05) is 72.8 Å². The standard InChI is InChI=1S/C52H82FN7O10S/c1-15-40-52(12,66)36(32(9)43(29(5)6)58-42(61)16-2)23-22-34(59-67-26-35-27-71-48(55-35)38-18-17-19-41(56-38)57-47(64)37(54)24-28(3)4)21-20-30(7)45(33(10)46(63)51(11,53)50(65)69-40)70-49-44(62)39(60(13)14)25-31(8)68-49/h17-19,27-33,36-37,39-40,44-45,49,62,66H,15-16,20-26,54H2,1-14H3,(H,56,57,64)/b58-43?,59-34-/t30?,31-,32-,33?,36-,37+,39+,40-,44-,45+,49+,51+,52+/m1/s1. The maximum atomic E-state index is 17.0. The minimum Gasteiger partial charge on any atom is -0.457 e. The number of hydrogen-bond donors (Lipinski definition) is 4. The van der Waals surface area contributed by atoms with Crippen molar-refractivity contribution in [1.82, 2.24) is 14.9 Å². The number of cyclic esters (lactones) is 1. The highest BCUT2D eigenvalue weighted by molar-refractivity contribution is 7.13. The minimum atomic E-state index is -3.15. The van der Waals surface area contributed by atoms with Gasteiger partial charge in [0.05, 0.1) is 29.7 Å². The van der Waals surface area contributed by atoms with Gasteiger partial charge < -0.3 is 45.2 Å². The van der Waals surface area contributed by atoms with Crippen LogP contribution in [0, 0.1) is 35.5 Å². The number of esters is 1. The quantitative estimate of drug-likeness (QED) is 0.0546. The fraction of sp³-hybridized carbons (Fsp3) is 0.731. The molecule has 2 aromatic rings. The van der Waals surface area contributed by atoms with Crippen molar-refractivity contribution in [2.24, 2.45) is 51.4 Å². The van der Waals surface area contributed by atoms with Crippen LogP contribution in [-0.4, -0.2) is 128 Å². The first-order valence-electron chi connectivity index (χ1n) is 25.3. The SMILES string of the molecule is CCC(=O)N=C(C(C)C)[C@H](C)[C@H]1CC/C(=N\OCc2csc(-c3cccc(NC(=O)[C@@H](N)CC(C)C)n3)n2)CCC(C)[C@H](O[C@@H]2O[C@H](C)C[C@H](N(C)C)[C@H]2O)C(C)C(=O)[C@](C)(F)C(=O)O[C@H](CC)[C@@]1(C)O. The van der Waals surface area contributed by atoms with Crippen molar-refractivity contribution in [2.75, 3.05) is 19.4 Å². The summed E-state index contributed by atoms with van der Waals surface area (Å²) in [7, 11) is 3.69. The molecule has 2 aliphatic rings. The zero-order valence-corrected chi connectivity index (χ0v) is 45.3. The number of halogens is 1. The predicted molar refractivity (Wildman–Crippen MR) is 273 cm³/mol. The number of aliphatic hydroxyl groups is 2. The van der Waals surface area contributed by atoms with Crippen LogP contribution < -0.4 is 11.1 Å². The molecule has 17 nitrogen and oxygen atoms in total. The number of carbonyl (C=O) groups excluding carboxylic acids is 4. The normalized spacial score (nSPS) is 31.3. The van der Waals surface area contributed by atoms with E-state index in [9.17, 15) is 29.4 Å².